The van der Waals surface area contributed by atoms with E-state index in [0.29, 0.717) is 0 Å². The third-order valence-electron chi connectivity index (χ3n) is 0.188. The molecule has 0 N–H and O–H groups in total. The van der Waals surface area contributed by atoms with Crippen LogP contribution in [0.25, 0.3) is 0 Å². The maximum atomic E-state index is 4.65. The Bertz CT molecular complexity index is 42.2. The van der Waals surface area contributed by atoms with Gasteiger partial charge in [0.1, 0.15) is 0 Å². The van der Waals surface area contributed by atoms with Crippen LogP contribution in [0, 0.1) is 0 Å². The van der Waals surface area contributed by atoms with Crippen molar-refractivity contribution in [3.05, 3.63) is 0 Å². The second-order valence-corrected chi connectivity index (χ2v) is 2.09. The molecular formula is C3H5BrS. The predicted octanol–water partition coefficient (Wildman–Crippen LogP) is 1.77. The van der Waals surface area contributed by atoms with Gasteiger partial charge in [0.25, 0.3) is 0 Å². The summed E-state index contributed by atoms with van der Waals surface area (Å²) in [5.74, 6) is 0. The van der Waals surface area contributed by atoms with Gasteiger partial charge in [-0.3, -0.25) is 0 Å². The van der Waals surface area contributed by atoms with Crippen LogP contribution in [0.5, 0.6) is 0 Å². The standard InChI is InChI=1S/C3H5BrS/c1-3(5)2-4/h2H2,1H3. The zero-order valence-electron chi connectivity index (χ0n) is 2.99. The van der Waals surface area contributed by atoms with Gasteiger partial charge in [0, 0.05) is 10.2 Å². The molecule has 0 aliphatic rings. The molecule has 0 spiro atoms. The van der Waals surface area contributed by atoms with E-state index in [1.807, 2.05) is 6.92 Å². The van der Waals surface area contributed by atoms with Crippen LogP contribution >= 0.6 is 28.1 Å². The summed E-state index contributed by atoms with van der Waals surface area (Å²) in [6, 6.07) is 0. The Morgan fingerprint density at radius 3 is 2.20 bits per heavy atom. The van der Waals surface area contributed by atoms with Gasteiger partial charge in [0.2, 0.25) is 0 Å². The molecule has 0 atom stereocenters. The SMILES string of the molecule is CC(=S)CBr. The lowest BCUT2D eigenvalue weighted by atomic mass is 10.6. The van der Waals surface area contributed by atoms with Gasteiger partial charge in [-0.05, 0) is 6.92 Å². The van der Waals surface area contributed by atoms with Crippen molar-refractivity contribution >= 4 is 33.0 Å². The van der Waals surface area contributed by atoms with Crippen molar-refractivity contribution in [2.45, 2.75) is 6.92 Å². The van der Waals surface area contributed by atoms with E-state index in [4.69, 9.17) is 0 Å². The third-order valence-corrected chi connectivity index (χ3v) is 1.54. The van der Waals surface area contributed by atoms with Crippen LogP contribution in [0.4, 0.5) is 0 Å². The zero-order valence-corrected chi connectivity index (χ0v) is 5.40. The van der Waals surface area contributed by atoms with Crippen LogP contribution in [0.15, 0.2) is 0 Å². The quantitative estimate of drug-likeness (QED) is 0.408. The second-order valence-electron chi connectivity index (χ2n) is 0.836. The highest BCUT2D eigenvalue weighted by molar-refractivity contribution is 9.09. The van der Waals surface area contributed by atoms with Crippen LogP contribution in [-0.2, 0) is 0 Å². The smallest absolute Gasteiger partial charge is 0.0343 e. The fourth-order valence-corrected chi connectivity index (χ4v) is 0. The molecule has 0 saturated heterocycles. The summed E-state index contributed by atoms with van der Waals surface area (Å²) in [4.78, 5) is 1.00. The molecule has 0 aliphatic heterocycles. The maximum Gasteiger partial charge on any atom is 0.0343 e. The number of alkyl halides is 1. The lowest BCUT2D eigenvalue weighted by Crippen LogP contribution is -1.81. The molecule has 0 heterocycles. The molecule has 0 aromatic heterocycles. The first-order valence-corrected chi connectivity index (χ1v) is 2.85. The van der Waals surface area contributed by atoms with Crippen molar-refractivity contribution in [2.24, 2.45) is 0 Å². The van der Waals surface area contributed by atoms with Crippen molar-refractivity contribution in [2.75, 3.05) is 5.33 Å². The summed E-state index contributed by atoms with van der Waals surface area (Å²) >= 11 is 7.82. The number of hydrogen-bond donors (Lipinski definition) is 0. The number of thiocarbonyl (C=S) groups is 1. The molecule has 0 aliphatic carbocycles. The summed E-state index contributed by atoms with van der Waals surface area (Å²) in [5.41, 5.74) is 0. The Labute approximate surface area is 45.7 Å². The van der Waals surface area contributed by atoms with Crippen LogP contribution in [-0.4, -0.2) is 10.2 Å². The third kappa shape index (κ3) is 4.57. The first kappa shape index (κ1) is 5.57. The Morgan fingerprint density at radius 1 is 2.00 bits per heavy atom. The Kier molecular flexibility index (Phi) is 3.11. The van der Waals surface area contributed by atoms with Crippen LogP contribution in [0.3, 0.4) is 0 Å². The minimum absolute atomic E-state index is 0.850. The summed E-state index contributed by atoms with van der Waals surface area (Å²) in [5, 5.41) is 0.850. The van der Waals surface area contributed by atoms with Crippen LogP contribution < -0.4 is 0 Å². The van der Waals surface area contributed by atoms with Crippen molar-refractivity contribution < 1.29 is 0 Å². The molecule has 0 rings (SSSR count). The summed E-state index contributed by atoms with van der Waals surface area (Å²) in [7, 11) is 0. The molecule has 2 heteroatoms. The van der Waals surface area contributed by atoms with Gasteiger partial charge >= 0.3 is 0 Å². The molecule has 0 bridgehead atoms. The van der Waals surface area contributed by atoms with Gasteiger partial charge in [-0.2, -0.15) is 0 Å². The lowest BCUT2D eigenvalue weighted by molar-refractivity contribution is 1.89. The van der Waals surface area contributed by atoms with E-state index in [2.05, 4.69) is 28.1 Å². The molecule has 0 nitrogen and oxygen atoms in total. The van der Waals surface area contributed by atoms with E-state index in [-0.39, 0.29) is 0 Å². The Morgan fingerprint density at radius 2 is 2.20 bits per heavy atom. The van der Waals surface area contributed by atoms with Crippen molar-refractivity contribution in [3.8, 4) is 0 Å². The first-order valence-electron chi connectivity index (χ1n) is 1.32. The number of hydrogen-bond acceptors (Lipinski definition) is 1. The minimum Gasteiger partial charge on any atom is -0.0891 e. The average Bonchev–Trinajstić information content (AvgIpc) is 1.38. The normalized spacial score (nSPS) is 7.60. The highest BCUT2D eigenvalue weighted by Gasteiger charge is 1.73. The molecule has 0 aromatic rings. The second kappa shape index (κ2) is 2.79. The van der Waals surface area contributed by atoms with Gasteiger partial charge in [0.15, 0.2) is 0 Å². The lowest BCUT2D eigenvalue weighted by Gasteiger charge is -1.74. The average molecular weight is 153 g/mol. The highest BCUT2D eigenvalue weighted by Crippen LogP contribution is 1.80. The molecule has 5 heavy (non-hydrogen) atoms. The number of halogens is 1. The molecular weight excluding hydrogens is 148 g/mol. The molecule has 0 saturated carbocycles. The molecule has 0 amide bonds. The molecule has 30 valence electrons. The van der Waals surface area contributed by atoms with E-state index in [1.54, 1.807) is 0 Å². The minimum atomic E-state index is 0.850. The molecule has 0 aromatic carbocycles. The van der Waals surface area contributed by atoms with E-state index >= 15 is 0 Å². The van der Waals surface area contributed by atoms with E-state index in [1.165, 1.54) is 0 Å². The molecule has 0 unspecified atom stereocenters. The zero-order chi connectivity index (χ0) is 4.28. The van der Waals surface area contributed by atoms with Gasteiger partial charge in [-0.1, -0.05) is 28.1 Å². The monoisotopic (exact) mass is 152 g/mol. The number of rotatable bonds is 1. The largest absolute Gasteiger partial charge is 0.0891 e. The van der Waals surface area contributed by atoms with Crippen molar-refractivity contribution in [1.29, 1.82) is 0 Å². The van der Waals surface area contributed by atoms with E-state index < -0.39 is 0 Å². The van der Waals surface area contributed by atoms with E-state index in [0.717, 1.165) is 10.2 Å². The Hall–Kier alpha value is 0.570. The van der Waals surface area contributed by atoms with Crippen molar-refractivity contribution in [3.63, 3.8) is 0 Å². The first-order chi connectivity index (χ1) is 2.27. The summed E-state index contributed by atoms with van der Waals surface area (Å²) in [6.07, 6.45) is 0. The van der Waals surface area contributed by atoms with Crippen LogP contribution in [0.2, 0.25) is 0 Å². The van der Waals surface area contributed by atoms with E-state index in [9.17, 15) is 0 Å². The van der Waals surface area contributed by atoms with Gasteiger partial charge in [-0.15, -0.1) is 0 Å². The fraction of sp³-hybridized carbons (Fsp3) is 0.667. The Balaban J connectivity index is 2.85. The topological polar surface area (TPSA) is 0 Å². The molecule has 0 radical (unpaired) electrons. The summed E-state index contributed by atoms with van der Waals surface area (Å²) < 4.78 is 0. The van der Waals surface area contributed by atoms with Crippen LogP contribution in [0.1, 0.15) is 6.92 Å². The van der Waals surface area contributed by atoms with Gasteiger partial charge in [0.05, 0.1) is 0 Å². The fourth-order valence-electron chi connectivity index (χ4n) is 0. The van der Waals surface area contributed by atoms with Gasteiger partial charge in [-0.25, -0.2) is 0 Å². The highest BCUT2D eigenvalue weighted by atomic mass is 79.9. The maximum absolute atomic E-state index is 4.65. The van der Waals surface area contributed by atoms with Gasteiger partial charge < -0.3 is 0 Å². The summed E-state index contributed by atoms with van der Waals surface area (Å²) in [6.45, 7) is 1.91. The van der Waals surface area contributed by atoms with Crippen molar-refractivity contribution in [1.82, 2.24) is 0 Å². The predicted molar refractivity (Wildman–Crippen MR) is 32.1 cm³/mol. The molecule has 0 fully saturated rings.